The second-order valence-electron chi connectivity index (χ2n) is 3.37. The molecular formula is C13H15ClN2O. The molecule has 4 heteroatoms. The van der Waals surface area contributed by atoms with E-state index in [1.165, 1.54) is 0 Å². The van der Waals surface area contributed by atoms with Gasteiger partial charge in [0.15, 0.2) is 0 Å². The highest BCUT2D eigenvalue weighted by Crippen LogP contribution is 2.03. The molecule has 0 unspecified atom stereocenters. The Bertz CT molecular complexity index is 367. The number of para-hydroxylation sites is 1. The van der Waals surface area contributed by atoms with Gasteiger partial charge >= 0.3 is 0 Å². The molecule has 0 spiro atoms. The van der Waals surface area contributed by atoms with Gasteiger partial charge in [0.05, 0.1) is 12.3 Å². The monoisotopic (exact) mass is 250 g/mol. The van der Waals surface area contributed by atoms with Crippen molar-refractivity contribution in [1.29, 1.82) is 0 Å². The topological polar surface area (TPSA) is 33.3 Å². The van der Waals surface area contributed by atoms with Gasteiger partial charge in [-0.2, -0.15) is 0 Å². The number of benzene rings is 2. The lowest BCUT2D eigenvalue weighted by Crippen LogP contribution is -2.21. The van der Waals surface area contributed by atoms with Gasteiger partial charge in [0.25, 0.3) is 0 Å². The molecule has 2 rings (SSSR count). The molecule has 2 aromatic rings. The summed E-state index contributed by atoms with van der Waals surface area (Å²) >= 11 is 0. The molecule has 0 saturated heterocycles. The zero-order valence-electron chi connectivity index (χ0n) is 9.30. The molecule has 3 nitrogen and oxygen atoms in total. The van der Waals surface area contributed by atoms with Gasteiger partial charge in [-0.05, 0) is 17.7 Å². The molecule has 2 N–H and O–H groups in total. The van der Waals surface area contributed by atoms with E-state index in [9.17, 15) is 0 Å². The molecule has 0 radical (unpaired) electrons. The second kappa shape index (κ2) is 7.68. The molecule has 17 heavy (non-hydrogen) atoms. The number of hydrogen-bond donors (Lipinski definition) is 2. The van der Waals surface area contributed by atoms with Gasteiger partial charge in [0.2, 0.25) is 0 Å². The van der Waals surface area contributed by atoms with Crippen LogP contribution in [0.2, 0.25) is 0 Å². The summed E-state index contributed by atoms with van der Waals surface area (Å²) in [6.07, 6.45) is 0. The standard InChI is InChI=1S/C13H14N2O.ClH/c1-3-7-12(8-4-1)11-16-15-14-13-9-5-2-6-10-13;/h1-10,14-15H,11H2;1H. The molecule has 2 aromatic carbocycles. The third kappa shape index (κ3) is 4.87. The predicted molar refractivity (Wildman–Crippen MR) is 71.7 cm³/mol. The molecule has 0 atom stereocenters. The normalized spacial score (nSPS) is 9.41. The number of halogens is 1. The first-order chi connectivity index (χ1) is 7.95. The Kier molecular flexibility index (Phi) is 6.10. The Morgan fingerprint density at radius 2 is 1.41 bits per heavy atom. The molecule has 0 aromatic heterocycles. The third-order valence-electron chi connectivity index (χ3n) is 2.12. The molecule has 0 aliphatic carbocycles. The van der Waals surface area contributed by atoms with E-state index in [2.05, 4.69) is 11.0 Å². The predicted octanol–water partition coefficient (Wildman–Crippen LogP) is 3.16. The number of nitrogens with one attached hydrogen (secondary N) is 2. The van der Waals surface area contributed by atoms with Crippen molar-refractivity contribution in [2.45, 2.75) is 6.61 Å². The number of rotatable bonds is 5. The van der Waals surface area contributed by atoms with Gasteiger partial charge in [-0.1, -0.05) is 48.5 Å². The summed E-state index contributed by atoms with van der Waals surface area (Å²) in [6, 6.07) is 19.8. The summed E-state index contributed by atoms with van der Waals surface area (Å²) < 4.78 is 0. The fraction of sp³-hybridized carbons (Fsp3) is 0.0769. The van der Waals surface area contributed by atoms with Crippen molar-refractivity contribution in [3.8, 4) is 0 Å². The van der Waals surface area contributed by atoms with Crippen molar-refractivity contribution < 1.29 is 4.84 Å². The molecule has 0 amide bonds. The zero-order chi connectivity index (χ0) is 11.1. The Hall–Kier alpha value is -1.55. The average molecular weight is 251 g/mol. The van der Waals surface area contributed by atoms with Crippen molar-refractivity contribution >= 4 is 18.1 Å². The second-order valence-corrected chi connectivity index (χ2v) is 3.37. The van der Waals surface area contributed by atoms with Crippen LogP contribution in [0.25, 0.3) is 0 Å². The van der Waals surface area contributed by atoms with Crippen LogP contribution >= 0.6 is 12.4 Å². The van der Waals surface area contributed by atoms with Gasteiger partial charge in [-0.15, -0.1) is 18.0 Å². The van der Waals surface area contributed by atoms with Crippen LogP contribution < -0.4 is 11.0 Å². The largest absolute Gasteiger partial charge is 0.299 e. The van der Waals surface area contributed by atoms with Crippen molar-refractivity contribution in [2.75, 3.05) is 5.43 Å². The first-order valence-electron chi connectivity index (χ1n) is 5.17. The summed E-state index contributed by atoms with van der Waals surface area (Å²) in [4.78, 5) is 5.26. The minimum absolute atomic E-state index is 0. The van der Waals surface area contributed by atoms with Crippen LogP contribution in [0.1, 0.15) is 5.56 Å². The van der Waals surface area contributed by atoms with Crippen molar-refractivity contribution in [3.05, 3.63) is 66.2 Å². The Morgan fingerprint density at radius 1 is 0.824 bits per heavy atom. The Balaban J connectivity index is 0.00000144. The summed E-state index contributed by atoms with van der Waals surface area (Å²) in [5.74, 6) is 0. The van der Waals surface area contributed by atoms with E-state index >= 15 is 0 Å². The fourth-order valence-corrected chi connectivity index (χ4v) is 1.31. The minimum Gasteiger partial charge on any atom is -0.299 e. The van der Waals surface area contributed by atoms with E-state index in [0.29, 0.717) is 6.61 Å². The molecule has 0 aliphatic heterocycles. The molecule has 0 heterocycles. The lowest BCUT2D eigenvalue weighted by Gasteiger charge is -2.08. The molecule has 90 valence electrons. The van der Waals surface area contributed by atoms with Crippen LogP contribution in [-0.4, -0.2) is 0 Å². The van der Waals surface area contributed by atoms with Crippen LogP contribution in [0.5, 0.6) is 0 Å². The highest BCUT2D eigenvalue weighted by atomic mass is 35.5. The number of hydrogen-bond acceptors (Lipinski definition) is 3. The molecule has 0 saturated carbocycles. The lowest BCUT2D eigenvalue weighted by molar-refractivity contribution is 0.0436. The van der Waals surface area contributed by atoms with Crippen molar-refractivity contribution in [2.24, 2.45) is 0 Å². The maximum absolute atomic E-state index is 5.26. The van der Waals surface area contributed by atoms with Gasteiger partial charge in [-0.3, -0.25) is 10.3 Å². The highest BCUT2D eigenvalue weighted by molar-refractivity contribution is 5.85. The minimum atomic E-state index is 0. The average Bonchev–Trinajstić information content (AvgIpc) is 2.37. The summed E-state index contributed by atoms with van der Waals surface area (Å²) in [7, 11) is 0. The maximum Gasteiger partial charge on any atom is 0.0954 e. The lowest BCUT2D eigenvalue weighted by atomic mass is 10.2. The van der Waals surface area contributed by atoms with Gasteiger partial charge in [0, 0.05) is 0 Å². The summed E-state index contributed by atoms with van der Waals surface area (Å²) in [6.45, 7) is 0.528. The fourth-order valence-electron chi connectivity index (χ4n) is 1.31. The molecule has 0 fully saturated rings. The SMILES string of the molecule is Cl.c1ccc(CONNc2ccccc2)cc1. The van der Waals surface area contributed by atoms with Crippen molar-refractivity contribution in [3.63, 3.8) is 0 Å². The van der Waals surface area contributed by atoms with E-state index in [-0.39, 0.29) is 12.4 Å². The van der Waals surface area contributed by atoms with Crippen LogP contribution in [0.4, 0.5) is 5.69 Å². The summed E-state index contributed by atoms with van der Waals surface area (Å²) in [5, 5.41) is 0. The van der Waals surface area contributed by atoms with Gasteiger partial charge < -0.3 is 0 Å². The Morgan fingerprint density at radius 3 is 2.06 bits per heavy atom. The number of anilines is 1. The quantitative estimate of drug-likeness (QED) is 0.632. The molecule has 0 aliphatic rings. The van der Waals surface area contributed by atoms with E-state index in [1.54, 1.807) is 0 Å². The van der Waals surface area contributed by atoms with Crippen LogP contribution in [0.15, 0.2) is 60.7 Å². The van der Waals surface area contributed by atoms with E-state index in [4.69, 9.17) is 4.84 Å². The maximum atomic E-state index is 5.26. The van der Waals surface area contributed by atoms with E-state index in [0.717, 1.165) is 11.3 Å². The zero-order valence-corrected chi connectivity index (χ0v) is 10.1. The number of hydrazine groups is 1. The molecular weight excluding hydrogens is 236 g/mol. The van der Waals surface area contributed by atoms with E-state index < -0.39 is 0 Å². The highest BCUT2D eigenvalue weighted by Gasteiger charge is 1.91. The van der Waals surface area contributed by atoms with Crippen LogP contribution in [0, 0.1) is 0 Å². The Labute approximate surface area is 107 Å². The van der Waals surface area contributed by atoms with Gasteiger partial charge in [-0.25, -0.2) is 0 Å². The summed E-state index contributed by atoms with van der Waals surface area (Å²) in [5.41, 5.74) is 7.74. The van der Waals surface area contributed by atoms with E-state index in [1.807, 2.05) is 60.7 Å². The smallest absolute Gasteiger partial charge is 0.0954 e. The third-order valence-corrected chi connectivity index (χ3v) is 2.12. The molecule has 0 bridgehead atoms. The van der Waals surface area contributed by atoms with Crippen LogP contribution in [-0.2, 0) is 11.4 Å². The first kappa shape index (κ1) is 13.5. The van der Waals surface area contributed by atoms with Crippen molar-refractivity contribution in [1.82, 2.24) is 5.59 Å². The van der Waals surface area contributed by atoms with Gasteiger partial charge in [0.1, 0.15) is 0 Å². The first-order valence-corrected chi connectivity index (χ1v) is 5.17. The van der Waals surface area contributed by atoms with Crippen LogP contribution in [0.3, 0.4) is 0 Å².